The first-order valence-corrected chi connectivity index (χ1v) is 11.9. The van der Waals surface area contributed by atoms with Crippen molar-refractivity contribution in [2.24, 2.45) is 22.2 Å². The molecule has 39 heavy (non-hydrogen) atoms. The third-order valence-corrected chi connectivity index (χ3v) is 5.38. The summed E-state index contributed by atoms with van der Waals surface area (Å²) in [6.45, 7) is -0.832. The molecule has 13 N–H and O–H groups in total. The number of benzene rings is 1. The van der Waals surface area contributed by atoms with Gasteiger partial charge in [-0.05, 0) is 43.4 Å². The molecule has 1 aromatic carbocycles. The third-order valence-electron chi connectivity index (χ3n) is 5.38. The van der Waals surface area contributed by atoms with Gasteiger partial charge >= 0.3 is 11.9 Å². The molecule has 0 bridgehead atoms. The Kier molecular flexibility index (Phi) is 13.7. The maximum atomic E-state index is 13.1. The number of carboxylic acid groups (broad SMARTS) is 2. The van der Waals surface area contributed by atoms with Crippen LogP contribution >= 0.6 is 0 Å². The smallest absolute Gasteiger partial charge is 0.328 e. The second kappa shape index (κ2) is 16.4. The van der Waals surface area contributed by atoms with Gasteiger partial charge in [-0.3, -0.25) is 24.2 Å². The molecular weight excluding hydrogens is 518 g/mol. The summed E-state index contributed by atoms with van der Waals surface area (Å²) in [5.74, 6) is -5.56. The van der Waals surface area contributed by atoms with Crippen LogP contribution in [0.4, 0.5) is 0 Å². The number of aliphatic carboxylic acids is 2. The highest BCUT2D eigenvalue weighted by molar-refractivity contribution is 5.94. The zero-order valence-electron chi connectivity index (χ0n) is 21.1. The van der Waals surface area contributed by atoms with Crippen LogP contribution in [0.5, 0.6) is 5.75 Å². The number of amides is 3. The van der Waals surface area contributed by atoms with E-state index in [2.05, 4.69) is 20.9 Å². The fourth-order valence-corrected chi connectivity index (χ4v) is 3.30. The van der Waals surface area contributed by atoms with Gasteiger partial charge in [-0.15, -0.1) is 0 Å². The topological polar surface area (TPSA) is 293 Å². The van der Waals surface area contributed by atoms with Crippen molar-refractivity contribution in [1.82, 2.24) is 16.0 Å². The van der Waals surface area contributed by atoms with E-state index in [1.807, 2.05) is 0 Å². The summed E-state index contributed by atoms with van der Waals surface area (Å²) in [7, 11) is 0. The van der Waals surface area contributed by atoms with Crippen molar-refractivity contribution < 1.29 is 44.4 Å². The number of aliphatic hydroxyl groups is 1. The highest BCUT2D eigenvalue weighted by atomic mass is 16.4. The summed E-state index contributed by atoms with van der Waals surface area (Å²) >= 11 is 0. The SMILES string of the molecule is NC(N)=NCCCC(NC(=O)C(CCC(=O)O)NC(=O)C(N)Cc1ccc(O)cc1)C(=O)NC(CO)C(=O)O. The van der Waals surface area contributed by atoms with Crippen LogP contribution in [0.2, 0.25) is 0 Å². The van der Waals surface area contributed by atoms with Crippen LogP contribution in [0.1, 0.15) is 31.2 Å². The number of aliphatic hydroxyl groups excluding tert-OH is 1. The number of rotatable bonds is 17. The van der Waals surface area contributed by atoms with Gasteiger partial charge < -0.3 is 53.6 Å². The number of aromatic hydroxyl groups is 1. The molecule has 0 heterocycles. The summed E-state index contributed by atoms with van der Waals surface area (Å²) in [4.78, 5) is 64.6. The van der Waals surface area contributed by atoms with E-state index in [1.165, 1.54) is 12.1 Å². The molecule has 0 aliphatic carbocycles. The number of carbonyl (C=O) groups excluding carboxylic acids is 3. The van der Waals surface area contributed by atoms with Crippen molar-refractivity contribution in [2.45, 2.75) is 56.3 Å². The summed E-state index contributed by atoms with van der Waals surface area (Å²) in [5.41, 5.74) is 17.1. The Morgan fingerprint density at radius 3 is 1.90 bits per heavy atom. The minimum atomic E-state index is -1.64. The van der Waals surface area contributed by atoms with Gasteiger partial charge in [0.15, 0.2) is 5.96 Å². The van der Waals surface area contributed by atoms with E-state index in [9.17, 15) is 34.2 Å². The lowest BCUT2D eigenvalue weighted by molar-refractivity contribution is -0.143. The number of hydrogen-bond acceptors (Lipinski definition) is 9. The zero-order valence-corrected chi connectivity index (χ0v) is 21.1. The molecule has 16 heteroatoms. The summed E-state index contributed by atoms with van der Waals surface area (Å²) in [6, 6.07) is 0.416. The first-order chi connectivity index (χ1) is 18.3. The molecule has 4 atom stereocenters. The standard InChI is InChI=1S/C23H35N7O9/c24-14(10-12-3-5-13(32)6-4-12)19(35)28-16(7-8-18(33)34)21(37)29-15(2-1-9-27-23(25)26)20(36)30-17(11-31)22(38)39/h3-6,14-17,31-32H,1-2,7-11,24H2,(H,28,35)(H,29,37)(H,30,36)(H,33,34)(H,38,39)(H4,25,26,27). The molecule has 0 saturated carbocycles. The number of nitrogens with one attached hydrogen (secondary N) is 3. The van der Waals surface area contributed by atoms with E-state index in [4.69, 9.17) is 27.4 Å². The molecule has 1 aromatic rings. The number of phenolic OH excluding ortho intramolecular Hbond substituents is 1. The number of nitrogens with two attached hydrogens (primary N) is 3. The van der Waals surface area contributed by atoms with Gasteiger partial charge in [0, 0.05) is 13.0 Å². The van der Waals surface area contributed by atoms with Crippen LogP contribution in [0.15, 0.2) is 29.3 Å². The summed E-state index contributed by atoms with van der Waals surface area (Å²) in [5, 5.41) is 43.6. The van der Waals surface area contributed by atoms with Crippen molar-refractivity contribution in [3.8, 4) is 5.75 Å². The number of carboxylic acids is 2. The number of carbonyl (C=O) groups is 5. The fourth-order valence-electron chi connectivity index (χ4n) is 3.30. The first-order valence-electron chi connectivity index (χ1n) is 11.9. The maximum Gasteiger partial charge on any atom is 0.328 e. The van der Waals surface area contributed by atoms with E-state index >= 15 is 0 Å². The van der Waals surface area contributed by atoms with Gasteiger partial charge in [0.2, 0.25) is 17.7 Å². The molecule has 16 nitrogen and oxygen atoms in total. The number of guanidine groups is 1. The molecule has 4 unspecified atom stereocenters. The van der Waals surface area contributed by atoms with Crippen LogP contribution in [-0.4, -0.2) is 93.4 Å². The Morgan fingerprint density at radius 2 is 1.38 bits per heavy atom. The van der Waals surface area contributed by atoms with E-state index in [1.54, 1.807) is 12.1 Å². The second-order valence-corrected chi connectivity index (χ2v) is 8.56. The average Bonchev–Trinajstić information content (AvgIpc) is 2.87. The molecule has 0 saturated heterocycles. The summed E-state index contributed by atoms with van der Waals surface area (Å²) < 4.78 is 0. The molecule has 0 fully saturated rings. The Balaban J connectivity index is 3.02. The predicted octanol–water partition coefficient (Wildman–Crippen LogP) is -3.29. The van der Waals surface area contributed by atoms with Crippen LogP contribution in [-0.2, 0) is 30.4 Å². The number of phenols is 1. The lowest BCUT2D eigenvalue weighted by Crippen LogP contribution is -2.57. The Morgan fingerprint density at radius 1 is 0.846 bits per heavy atom. The van der Waals surface area contributed by atoms with Crippen molar-refractivity contribution >= 4 is 35.6 Å². The monoisotopic (exact) mass is 553 g/mol. The lowest BCUT2D eigenvalue weighted by atomic mass is 10.0. The first kappa shape index (κ1) is 32.6. The minimum absolute atomic E-state index is 0.0210. The highest BCUT2D eigenvalue weighted by Gasteiger charge is 2.30. The van der Waals surface area contributed by atoms with E-state index < -0.39 is 66.9 Å². The zero-order chi connectivity index (χ0) is 29.5. The third kappa shape index (κ3) is 12.6. The van der Waals surface area contributed by atoms with Gasteiger partial charge in [0.05, 0.1) is 12.6 Å². The van der Waals surface area contributed by atoms with E-state index in [0.717, 1.165) is 0 Å². The molecule has 0 spiro atoms. The quantitative estimate of drug-likeness (QED) is 0.0516. The van der Waals surface area contributed by atoms with Crippen molar-refractivity contribution in [1.29, 1.82) is 0 Å². The normalized spacial score (nSPS) is 13.7. The van der Waals surface area contributed by atoms with Gasteiger partial charge in [-0.25, -0.2) is 4.79 Å². The summed E-state index contributed by atoms with van der Waals surface area (Å²) in [6.07, 6.45) is -0.677. The van der Waals surface area contributed by atoms with Crippen LogP contribution < -0.4 is 33.2 Å². The lowest BCUT2D eigenvalue weighted by Gasteiger charge is -2.25. The highest BCUT2D eigenvalue weighted by Crippen LogP contribution is 2.11. The molecular formula is C23H35N7O9. The Bertz CT molecular complexity index is 1030. The average molecular weight is 554 g/mol. The number of hydrogen-bond donors (Lipinski definition) is 10. The molecule has 0 radical (unpaired) electrons. The molecule has 3 amide bonds. The second-order valence-electron chi connectivity index (χ2n) is 8.56. The van der Waals surface area contributed by atoms with Gasteiger partial charge in [-0.2, -0.15) is 0 Å². The minimum Gasteiger partial charge on any atom is -0.508 e. The maximum absolute atomic E-state index is 13.1. The molecule has 0 aliphatic rings. The van der Waals surface area contributed by atoms with Crippen LogP contribution in [0.3, 0.4) is 0 Å². The van der Waals surface area contributed by atoms with Gasteiger partial charge in [0.1, 0.15) is 23.9 Å². The Labute approximate surface area is 223 Å². The van der Waals surface area contributed by atoms with Crippen LogP contribution in [0, 0.1) is 0 Å². The molecule has 216 valence electrons. The fraction of sp³-hybridized carbons (Fsp3) is 0.478. The largest absolute Gasteiger partial charge is 0.508 e. The van der Waals surface area contributed by atoms with E-state index in [0.29, 0.717) is 5.56 Å². The number of nitrogens with zero attached hydrogens (tertiary/aromatic N) is 1. The van der Waals surface area contributed by atoms with Crippen molar-refractivity contribution in [3.63, 3.8) is 0 Å². The van der Waals surface area contributed by atoms with Crippen molar-refractivity contribution in [2.75, 3.05) is 13.2 Å². The molecule has 0 aromatic heterocycles. The van der Waals surface area contributed by atoms with Gasteiger partial charge in [-0.1, -0.05) is 12.1 Å². The van der Waals surface area contributed by atoms with Crippen molar-refractivity contribution in [3.05, 3.63) is 29.8 Å². The van der Waals surface area contributed by atoms with Crippen LogP contribution in [0.25, 0.3) is 0 Å². The Hall–Kier alpha value is -4.44. The molecule has 0 aliphatic heterocycles. The predicted molar refractivity (Wildman–Crippen MR) is 137 cm³/mol. The molecule has 1 rings (SSSR count). The number of aliphatic imine (C=N–C) groups is 1. The van der Waals surface area contributed by atoms with E-state index in [-0.39, 0.29) is 43.9 Å². The van der Waals surface area contributed by atoms with Gasteiger partial charge in [0.25, 0.3) is 0 Å².